The van der Waals surface area contributed by atoms with Gasteiger partial charge in [0.05, 0.1) is 6.26 Å². The minimum absolute atomic E-state index is 0.258. The van der Waals surface area contributed by atoms with Crippen LogP contribution in [0.2, 0.25) is 0 Å². The van der Waals surface area contributed by atoms with Crippen LogP contribution >= 0.6 is 0 Å². The van der Waals surface area contributed by atoms with Crippen molar-refractivity contribution in [2.24, 2.45) is 5.73 Å². The Hall–Kier alpha value is -1.23. The maximum atomic E-state index is 10.3. The molecule has 80 valence electrons. The summed E-state index contributed by atoms with van der Waals surface area (Å²) in [6, 6.07) is -0.483. The Morgan fingerprint density at radius 2 is 2.43 bits per heavy atom. The second kappa shape index (κ2) is 6.26. The van der Waals surface area contributed by atoms with Gasteiger partial charge < -0.3 is 21.1 Å². The Kier molecular flexibility index (Phi) is 4.85. The number of rotatable bonds is 5. The number of carbonyl (C=O) groups excluding carboxylic acids is 1. The highest BCUT2D eigenvalue weighted by atomic mass is 16.5. The molecule has 0 radical (unpaired) electrons. The van der Waals surface area contributed by atoms with Gasteiger partial charge in [0.25, 0.3) is 0 Å². The molecule has 1 rings (SSSR count). The van der Waals surface area contributed by atoms with Crippen molar-refractivity contribution in [2.45, 2.75) is 18.9 Å². The second-order valence-corrected chi connectivity index (χ2v) is 3.20. The fourth-order valence-electron chi connectivity index (χ4n) is 1.27. The molecule has 0 aromatic heterocycles. The zero-order chi connectivity index (χ0) is 10.2. The lowest BCUT2D eigenvalue weighted by Crippen LogP contribution is -2.38. The van der Waals surface area contributed by atoms with Crippen molar-refractivity contribution in [1.82, 2.24) is 10.6 Å². The fourth-order valence-corrected chi connectivity index (χ4v) is 1.27. The van der Waals surface area contributed by atoms with E-state index in [-0.39, 0.29) is 6.10 Å². The van der Waals surface area contributed by atoms with Gasteiger partial charge in [0.2, 0.25) is 0 Å². The van der Waals surface area contributed by atoms with Gasteiger partial charge in [-0.1, -0.05) is 0 Å². The monoisotopic (exact) mass is 199 g/mol. The Labute approximate surface area is 83.7 Å². The molecular formula is C9H17N3O2. The van der Waals surface area contributed by atoms with E-state index in [1.165, 1.54) is 0 Å². The number of carbonyl (C=O) groups is 1. The Morgan fingerprint density at radius 3 is 3.07 bits per heavy atom. The highest BCUT2D eigenvalue weighted by Gasteiger charge is 2.09. The van der Waals surface area contributed by atoms with Gasteiger partial charge in [0.1, 0.15) is 6.10 Å². The zero-order valence-corrected chi connectivity index (χ0v) is 8.16. The highest BCUT2D eigenvalue weighted by molar-refractivity contribution is 5.71. The predicted molar refractivity (Wildman–Crippen MR) is 53.7 cm³/mol. The van der Waals surface area contributed by atoms with Crippen LogP contribution in [0.3, 0.4) is 0 Å². The van der Waals surface area contributed by atoms with Crippen molar-refractivity contribution >= 4 is 6.03 Å². The van der Waals surface area contributed by atoms with E-state index in [9.17, 15) is 4.79 Å². The number of primary amides is 1. The molecule has 0 aromatic rings. The number of hydrogen-bond donors (Lipinski definition) is 3. The predicted octanol–water partition coefficient (Wildman–Crippen LogP) is -0.0630. The third-order valence-corrected chi connectivity index (χ3v) is 2.00. The summed E-state index contributed by atoms with van der Waals surface area (Å²) >= 11 is 0. The largest absolute Gasteiger partial charge is 0.497 e. The van der Waals surface area contributed by atoms with Gasteiger partial charge in [-0.25, -0.2) is 4.79 Å². The quantitative estimate of drug-likeness (QED) is 0.543. The van der Waals surface area contributed by atoms with Crippen molar-refractivity contribution in [3.05, 3.63) is 12.3 Å². The van der Waals surface area contributed by atoms with Gasteiger partial charge in [-0.05, 0) is 18.9 Å². The molecule has 0 bridgehead atoms. The van der Waals surface area contributed by atoms with Crippen LogP contribution in [0.15, 0.2) is 12.3 Å². The van der Waals surface area contributed by atoms with Crippen LogP contribution in [0.5, 0.6) is 0 Å². The summed E-state index contributed by atoms with van der Waals surface area (Å²) in [4.78, 5) is 10.3. The van der Waals surface area contributed by atoms with Crippen molar-refractivity contribution in [1.29, 1.82) is 0 Å². The first-order chi connectivity index (χ1) is 6.79. The van der Waals surface area contributed by atoms with Crippen molar-refractivity contribution in [2.75, 3.05) is 19.6 Å². The summed E-state index contributed by atoms with van der Waals surface area (Å²) in [5, 5.41) is 5.69. The summed E-state index contributed by atoms with van der Waals surface area (Å²) in [5.74, 6) is 0. The lowest BCUT2D eigenvalue weighted by Gasteiger charge is -2.19. The van der Waals surface area contributed by atoms with E-state index in [2.05, 4.69) is 10.6 Å². The maximum Gasteiger partial charge on any atom is 0.312 e. The van der Waals surface area contributed by atoms with E-state index in [1.807, 2.05) is 6.08 Å². The van der Waals surface area contributed by atoms with Gasteiger partial charge in [0, 0.05) is 19.6 Å². The summed E-state index contributed by atoms with van der Waals surface area (Å²) in [7, 11) is 0. The molecule has 1 atom stereocenters. The van der Waals surface area contributed by atoms with Crippen LogP contribution < -0.4 is 16.4 Å². The maximum absolute atomic E-state index is 10.3. The normalized spacial score (nSPS) is 20.1. The van der Waals surface area contributed by atoms with Crippen LogP contribution in [-0.4, -0.2) is 31.8 Å². The van der Waals surface area contributed by atoms with Crippen LogP contribution in [0.25, 0.3) is 0 Å². The summed E-state index contributed by atoms with van der Waals surface area (Å²) in [5.41, 5.74) is 4.91. The lowest BCUT2D eigenvalue weighted by atomic mass is 10.1. The van der Waals surface area contributed by atoms with Crippen LogP contribution in [0.4, 0.5) is 4.79 Å². The molecule has 2 amide bonds. The molecule has 0 saturated carbocycles. The smallest absolute Gasteiger partial charge is 0.312 e. The first-order valence-corrected chi connectivity index (χ1v) is 4.83. The average molecular weight is 199 g/mol. The minimum atomic E-state index is -0.483. The van der Waals surface area contributed by atoms with Crippen molar-refractivity contribution < 1.29 is 9.53 Å². The number of nitrogens with one attached hydrogen (secondary N) is 2. The molecule has 0 aliphatic carbocycles. The standard InChI is InChI=1S/C9H17N3O2/c10-9(13)12-5-4-11-7-8-3-1-2-6-14-8/h2,6,8,11H,1,3-5,7H2,(H3,10,12,13). The third-order valence-electron chi connectivity index (χ3n) is 2.00. The van der Waals surface area contributed by atoms with Crippen molar-refractivity contribution in [3.63, 3.8) is 0 Å². The number of allylic oxidation sites excluding steroid dienone is 1. The van der Waals surface area contributed by atoms with Crippen molar-refractivity contribution in [3.8, 4) is 0 Å². The molecule has 4 N–H and O–H groups in total. The Morgan fingerprint density at radius 1 is 1.57 bits per heavy atom. The molecular weight excluding hydrogens is 182 g/mol. The molecule has 0 spiro atoms. The molecule has 1 heterocycles. The summed E-state index contributed by atoms with van der Waals surface area (Å²) in [6.07, 6.45) is 6.15. The molecule has 1 aliphatic heterocycles. The van der Waals surface area contributed by atoms with E-state index in [0.29, 0.717) is 13.1 Å². The number of amides is 2. The average Bonchev–Trinajstić information content (AvgIpc) is 2.18. The van der Waals surface area contributed by atoms with Crippen LogP contribution in [-0.2, 0) is 4.74 Å². The number of nitrogens with two attached hydrogens (primary N) is 1. The molecule has 5 nitrogen and oxygen atoms in total. The Bertz CT molecular complexity index is 206. The van der Waals surface area contributed by atoms with E-state index < -0.39 is 6.03 Å². The lowest BCUT2D eigenvalue weighted by molar-refractivity contribution is 0.123. The molecule has 0 saturated heterocycles. The summed E-state index contributed by atoms with van der Waals surface area (Å²) < 4.78 is 5.35. The van der Waals surface area contributed by atoms with Crippen LogP contribution in [0, 0.1) is 0 Å². The van der Waals surface area contributed by atoms with E-state index in [0.717, 1.165) is 19.4 Å². The SMILES string of the molecule is NC(=O)NCCNCC1CCC=CO1. The number of ether oxygens (including phenoxy) is 1. The number of urea groups is 1. The topological polar surface area (TPSA) is 76.4 Å². The van der Waals surface area contributed by atoms with E-state index >= 15 is 0 Å². The number of hydrogen-bond acceptors (Lipinski definition) is 3. The van der Waals surface area contributed by atoms with Gasteiger partial charge in [-0.3, -0.25) is 0 Å². The Balaban J connectivity index is 1.93. The molecule has 1 unspecified atom stereocenters. The second-order valence-electron chi connectivity index (χ2n) is 3.20. The molecule has 0 fully saturated rings. The third kappa shape index (κ3) is 4.71. The highest BCUT2D eigenvalue weighted by Crippen LogP contribution is 2.08. The van der Waals surface area contributed by atoms with Crippen LogP contribution in [0.1, 0.15) is 12.8 Å². The zero-order valence-electron chi connectivity index (χ0n) is 8.16. The fraction of sp³-hybridized carbons (Fsp3) is 0.667. The van der Waals surface area contributed by atoms with Gasteiger partial charge in [-0.2, -0.15) is 0 Å². The van der Waals surface area contributed by atoms with E-state index in [4.69, 9.17) is 10.5 Å². The van der Waals surface area contributed by atoms with Gasteiger partial charge in [-0.15, -0.1) is 0 Å². The first kappa shape index (κ1) is 10.8. The molecule has 0 aromatic carbocycles. The van der Waals surface area contributed by atoms with Gasteiger partial charge in [0.15, 0.2) is 0 Å². The first-order valence-electron chi connectivity index (χ1n) is 4.83. The summed E-state index contributed by atoms with van der Waals surface area (Å²) in [6.45, 7) is 2.08. The molecule has 1 aliphatic rings. The van der Waals surface area contributed by atoms with E-state index in [1.54, 1.807) is 6.26 Å². The molecule has 5 heteroatoms. The minimum Gasteiger partial charge on any atom is -0.497 e. The molecule has 14 heavy (non-hydrogen) atoms. The van der Waals surface area contributed by atoms with Gasteiger partial charge >= 0.3 is 6.03 Å².